The van der Waals surface area contributed by atoms with Crippen molar-refractivity contribution in [1.82, 2.24) is 15.3 Å². The lowest BCUT2D eigenvalue weighted by molar-refractivity contribution is 0.0954. The highest BCUT2D eigenvalue weighted by Crippen LogP contribution is 2.18. The summed E-state index contributed by atoms with van der Waals surface area (Å²) in [7, 11) is 0. The molecule has 0 atom stereocenters. The Morgan fingerprint density at radius 2 is 1.70 bits per heavy atom. The van der Waals surface area contributed by atoms with Gasteiger partial charge < -0.3 is 15.1 Å². The summed E-state index contributed by atoms with van der Waals surface area (Å²) in [5.41, 5.74) is 4.31. The van der Waals surface area contributed by atoms with E-state index in [4.69, 9.17) is 0 Å². The van der Waals surface area contributed by atoms with Crippen LogP contribution in [0.4, 0.5) is 11.5 Å². The fourth-order valence-corrected chi connectivity index (χ4v) is 3.76. The van der Waals surface area contributed by atoms with Crippen LogP contribution in [0.2, 0.25) is 0 Å². The van der Waals surface area contributed by atoms with Crippen LogP contribution in [0, 0.1) is 6.92 Å². The van der Waals surface area contributed by atoms with Crippen LogP contribution in [0.15, 0.2) is 67.1 Å². The number of pyridine rings is 2. The highest BCUT2D eigenvalue weighted by Gasteiger charge is 2.18. The molecule has 0 aliphatic carbocycles. The smallest absolute Gasteiger partial charge is 0.252 e. The third kappa shape index (κ3) is 4.76. The average Bonchev–Trinajstić information content (AvgIpc) is 2.81. The highest BCUT2D eigenvalue weighted by atomic mass is 16.1. The van der Waals surface area contributed by atoms with Gasteiger partial charge in [0, 0.05) is 57.0 Å². The van der Waals surface area contributed by atoms with Gasteiger partial charge in [-0.1, -0.05) is 24.3 Å². The molecule has 1 amide bonds. The number of piperazine rings is 1. The summed E-state index contributed by atoms with van der Waals surface area (Å²) in [5.74, 6) is 0.839. The van der Waals surface area contributed by atoms with Crippen molar-refractivity contribution in [3.8, 4) is 0 Å². The Labute approximate surface area is 177 Å². The first-order valence-electron chi connectivity index (χ1n) is 10.4. The number of anilines is 2. The number of hydrogen-bond acceptors (Lipinski definition) is 5. The van der Waals surface area contributed by atoms with E-state index in [9.17, 15) is 4.79 Å². The summed E-state index contributed by atoms with van der Waals surface area (Å²) in [6.07, 6.45) is 6.15. The van der Waals surface area contributed by atoms with Gasteiger partial charge in [-0.15, -0.1) is 0 Å². The van der Waals surface area contributed by atoms with Crippen molar-refractivity contribution >= 4 is 17.4 Å². The van der Waals surface area contributed by atoms with Gasteiger partial charge in [-0.25, -0.2) is 4.98 Å². The fraction of sp³-hybridized carbons (Fsp3) is 0.292. The molecule has 1 saturated heterocycles. The molecule has 1 aliphatic rings. The van der Waals surface area contributed by atoms with E-state index in [1.165, 1.54) is 16.8 Å². The van der Waals surface area contributed by atoms with E-state index >= 15 is 0 Å². The lowest BCUT2D eigenvalue weighted by Crippen LogP contribution is -2.46. The Morgan fingerprint density at radius 1 is 0.967 bits per heavy atom. The topological polar surface area (TPSA) is 61.4 Å². The van der Waals surface area contributed by atoms with Crippen molar-refractivity contribution in [2.45, 2.75) is 13.3 Å². The van der Waals surface area contributed by atoms with Gasteiger partial charge in [0.1, 0.15) is 5.82 Å². The van der Waals surface area contributed by atoms with Crippen LogP contribution in [0.3, 0.4) is 0 Å². The molecular weight excluding hydrogens is 374 g/mol. The first-order chi connectivity index (χ1) is 14.7. The Bertz CT molecular complexity index is 966. The number of benzene rings is 1. The predicted molar refractivity (Wildman–Crippen MR) is 120 cm³/mol. The largest absolute Gasteiger partial charge is 0.368 e. The van der Waals surface area contributed by atoms with E-state index in [2.05, 4.69) is 44.1 Å². The molecule has 0 saturated carbocycles. The molecule has 1 aromatic carbocycles. The molecule has 3 aromatic rings. The van der Waals surface area contributed by atoms with Crippen molar-refractivity contribution in [3.63, 3.8) is 0 Å². The van der Waals surface area contributed by atoms with Gasteiger partial charge in [-0.05, 0) is 48.7 Å². The van der Waals surface area contributed by atoms with Crippen LogP contribution in [0.5, 0.6) is 0 Å². The summed E-state index contributed by atoms with van der Waals surface area (Å²) in [5, 5.41) is 2.99. The second-order valence-electron chi connectivity index (χ2n) is 7.52. The normalized spacial score (nSPS) is 13.9. The van der Waals surface area contributed by atoms with Crippen molar-refractivity contribution < 1.29 is 4.79 Å². The molecule has 0 radical (unpaired) electrons. The first-order valence-corrected chi connectivity index (χ1v) is 10.4. The maximum atomic E-state index is 12.4. The molecule has 1 fully saturated rings. The molecule has 154 valence electrons. The minimum atomic E-state index is -0.0786. The second kappa shape index (κ2) is 9.39. The van der Waals surface area contributed by atoms with E-state index in [1.807, 2.05) is 48.8 Å². The van der Waals surface area contributed by atoms with E-state index in [1.54, 1.807) is 6.20 Å². The maximum absolute atomic E-state index is 12.4. The monoisotopic (exact) mass is 401 g/mol. The van der Waals surface area contributed by atoms with Gasteiger partial charge in [0.2, 0.25) is 0 Å². The molecule has 4 rings (SSSR count). The van der Waals surface area contributed by atoms with E-state index < -0.39 is 0 Å². The van der Waals surface area contributed by atoms with E-state index in [0.717, 1.165) is 38.4 Å². The first kappa shape index (κ1) is 19.9. The second-order valence-corrected chi connectivity index (χ2v) is 7.52. The zero-order chi connectivity index (χ0) is 20.8. The minimum Gasteiger partial charge on any atom is -0.368 e. The van der Waals surface area contributed by atoms with Crippen LogP contribution in [0.25, 0.3) is 0 Å². The summed E-state index contributed by atoms with van der Waals surface area (Å²) < 4.78 is 0. The number of aryl methyl sites for hydroxylation is 1. The zero-order valence-electron chi connectivity index (χ0n) is 17.3. The lowest BCUT2D eigenvalue weighted by Gasteiger charge is -2.36. The third-order valence-electron chi connectivity index (χ3n) is 5.58. The van der Waals surface area contributed by atoms with E-state index in [0.29, 0.717) is 12.1 Å². The van der Waals surface area contributed by atoms with Gasteiger partial charge in [0.25, 0.3) is 5.91 Å². The number of amides is 1. The molecule has 2 aromatic heterocycles. The van der Waals surface area contributed by atoms with Crippen LogP contribution in [-0.2, 0) is 6.42 Å². The Balaban J connectivity index is 1.28. The number of rotatable bonds is 6. The third-order valence-corrected chi connectivity index (χ3v) is 5.58. The molecular formula is C24H27N5O. The van der Waals surface area contributed by atoms with Crippen LogP contribution in [0.1, 0.15) is 21.5 Å². The van der Waals surface area contributed by atoms with Gasteiger partial charge in [0.15, 0.2) is 0 Å². The number of nitrogens with zero attached hydrogens (tertiary/aromatic N) is 4. The zero-order valence-corrected chi connectivity index (χ0v) is 17.3. The molecule has 3 heterocycles. The van der Waals surface area contributed by atoms with Crippen LogP contribution >= 0.6 is 0 Å². The number of carbonyl (C=O) groups excluding carboxylic acids is 1. The van der Waals surface area contributed by atoms with Crippen LogP contribution < -0.4 is 15.1 Å². The SMILES string of the molecule is Cc1ccccc1CCNC(=O)c1ccc(N2CCN(c3ccncc3)CC2)nc1. The number of aromatic nitrogens is 2. The number of nitrogens with one attached hydrogen (secondary N) is 1. The molecule has 6 heteroatoms. The molecule has 0 unspecified atom stereocenters. The lowest BCUT2D eigenvalue weighted by atomic mass is 10.1. The highest BCUT2D eigenvalue weighted by molar-refractivity contribution is 5.94. The van der Waals surface area contributed by atoms with E-state index in [-0.39, 0.29) is 5.91 Å². The maximum Gasteiger partial charge on any atom is 0.252 e. The van der Waals surface area contributed by atoms with Gasteiger partial charge in [-0.2, -0.15) is 0 Å². The Morgan fingerprint density at radius 3 is 2.40 bits per heavy atom. The molecule has 0 spiro atoms. The summed E-state index contributed by atoms with van der Waals surface area (Å²) >= 11 is 0. The van der Waals surface area contributed by atoms with Crippen molar-refractivity contribution in [3.05, 3.63) is 83.8 Å². The molecule has 0 bridgehead atoms. The Kier molecular flexibility index (Phi) is 6.23. The number of carbonyl (C=O) groups is 1. The summed E-state index contributed by atoms with van der Waals surface area (Å²) in [6.45, 7) is 6.38. The molecule has 6 nitrogen and oxygen atoms in total. The van der Waals surface area contributed by atoms with Crippen molar-refractivity contribution in [2.24, 2.45) is 0 Å². The van der Waals surface area contributed by atoms with Gasteiger partial charge in [0.05, 0.1) is 5.56 Å². The molecule has 1 aliphatic heterocycles. The fourth-order valence-electron chi connectivity index (χ4n) is 3.76. The van der Waals surface area contributed by atoms with Gasteiger partial charge >= 0.3 is 0 Å². The average molecular weight is 402 g/mol. The predicted octanol–water partition coefficient (Wildman–Crippen LogP) is 3.08. The Hall–Kier alpha value is -3.41. The molecule has 30 heavy (non-hydrogen) atoms. The molecule has 1 N–H and O–H groups in total. The van der Waals surface area contributed by atoms with Crippen molar-refractivity contribution in [1.29, 1.82) is 0 Å². The van der Waals surface area contributed by atoms with Crippen LogP contribution in [-0.4, -0.2) is 48.6 Å². The standard InChI is InChI=1S/C24H27N5O/c1-19-4-2-3-5-20(19)8-13-26-24(30)21-6-7-23(27-18-21)29-16-14-28(15-17-29)22-9-11-25-12-10-22/h2-7,9-12,18H,8,13-17H2,1H3,(H,26,30). The summed E-state index contributed by atoms with van der Waals surface area (Å²) in [4.78, 5) is 25.7. The van der Waals surface area contributed by atoms with Gasteiger partial charge in [-0.3, -0.25) is 9.78 Å². The van der Waals surface area contributed by atoms with Crippen molar-refractivity contribution in [2.75, 3.05) is 42.5 Å². The quantitative estimate of drug-likeness (QED) is 0.688. The summed E-state index contributed by atoms with van der Waals surface area (Å²) in [6, 6.07) is 16.1. The minimum absolute atomic E-state index is 0.0786. The number of hydrogen-bond donors (Lipinski definition) is 1.